The second-order valence-corrected chi connectivity index (χ2v) is 5.10. The topological polar surface area (TPSA) is 26.3 Å². The fraction of sp³-hybridized carbons (Fsp3) is 0.100. The van der Waals surface area contributed by atoms with Gasteiger partial charge in [-0.25, -0.2) is 0 Å². The van der Waals surface area contributed by atoms with Crippen LogP contribution in [0.4, 0.5) is 0 Å². The van der Waals surface area contributed by atoms with Gasteiger partial charge in [0.2, 0.25) is 0 Å². The highest BCUT2D eigenvalue weighted by Crippen LogP contribution is 2.43. The predicted octanol–water partition coefficient (Wildman–Crippen LogP) is 4.60. The summed E-state index contributed by atoms with van der Waals surface area (Å²) in [7, 11) is 1.52. The maximum atomic E-state index is 11.1. The van der Waals surface area contributed by atoms with E-state index in [0.29, 0.717) is 30.8 Å². The number of thiophene rings is 1. The number of carbonyl (C=O) groups excluding carboxylic acids is 1. The lowest BCUT2D eigenvalue weighted by atomic mass is 10.2. The summed E-state index contributed by atoms with van der Waals surface area (Å²) in [5.74, 6) is 0.542. The molecule has 0 radical (unpaired) electrons. The van der Waals surface area contributed by atoms with Gasteiger partial charge in [-0.2, -0.15) is 0 Å². The van der Waals surface area contributed by atoms with Crippen LogP contribution in [0.3, 0.4) is 0 Å². The van der Waals surface area contributed by atoms with Crippen molar-refractivity contribution in [3.63, 3.8) is 0 Å². The van der Waals surface area contributed by atoms with Crippen molar-refractivity contribution in [1.82, 2.24) is 0 Å². The zero-order valence-electron chi connectivity index (χ0n) is 8.01. The van der Waals surface area contributed by atoms with Crippen molar-refractivity contribution in [1.29, 1.82) is 0 Å². The number of halogens is 3. The number of hydrogen-bond donors (Lipinski definition) is 0. The predicted molar refractivity (Wildman–Crippen MR) is 68.6 cm³/mol. The summed E-state index contributed by atoms with van der Waals surface area (Å²) in [4.78, 5) is 11.4. The minimum atomic E-state index is -0.582. The first-order valence-corrected chi connectivity index (χ1v) is 6.15. The summed E-state index contributed by atoms with van der Waals surface area (Å²) in [5, 5.41) is 0.906. The van der Waals surface area contributed by atoms with E-state index in [1.165, 1.54) is 7.11 Å². The van der Waals surface area contributed by atoms with Crippen LogP contribution in [0.1, 0.15) is 9.67 Å². The zero-order valence-corrected chi connectivity index (χ0v) is 11.1. The van der Waals surface area contributed by atoms with Crippen molar-refractivity contribution < 1.29 is 9.53 Å². The van der Waals surface area contributed by atoms with Gasteiger partial charge in [-0.05, 0) is 23.7 Å². The normalized spacial score (nSPS) is 10.8. The van der Waals surface area contributed by atoms with Crippen molar-refractivity contribution >= 4 is 61.5 Å². The van der Waals surface area contributed by atoms with Gasteiger partial charge in [-0.1, -0.05) is 23.2 Å². The van der Waals surface area contributed by atoms with Gasteiger partial charge < -0.3 is 4.74 Å². The summed E-state index contributed by atoms with van der Waals surface area (Å²) in [5.41, 5.74) is 0. The van der Waals surface area contributed by atoms with Crippen molar-refractivity contribution in [2.24, 2.45) is 0 Å². The Kier molecular flexibility index (Phi) is 3.31. The summed E-state index contributed by atoms with van der Waals surface area (Å²) in [6.45, 7) is 0. The lowest BCUT2D eigenvalue weighted by molar-refractivity contribution is 0.108. The van der Waals surface area contributed by atoms with Crippen LogP contribution in [0, 0.1) is 0 Å². The van der Waals surface area contributed by atoms with Gasteiger partial charge in [-0.15, -0.1) is 11.3 Å². The van der Waals surface area contributed by atoms with E-state index in [0.717, 1.165) is 11.3 Å². The average molecular weight is 296 g/mol. The van der Waals surface area contributed by atoms with Crippen LogP contribution in [0.15, 0.2) is 12.1 Å². The van der Waals surface area contributed by atoms with E-state index in [1.807, 2.05) is 0 Å². The molecule has 0 aliphatic rings. The number of hydrogen-bond acceptors (Lipinski definition) is 3. The van der Waals surface area contributed by atoms with Crippen molar-refractivity contribution in [3.8, 4) is 5.75 Å². The van der Waals surface area contributed by atoms with Crippen LogP contribution in [0.5, 0.6) is 5.75 Å². The van der Waals surface area contributed by atoms with E-state index in [-0.39, 0.29) is 0 Å². The monoisotopic (exact) mass is 294 g/mol. The van der Waals surface area contributed by atoms with Crippen molar-refractivity contribution in [2.45, 2.75) is 0 Å². The molecule has 0 unspecified atom stereocenters. The van der Waals surface area contributed by atoms with Gasteiger partial charge >= 0.3 is 0 Å². The summed E-state index contributed by atoms with van der Waals surface area (Å²) < 4.78 is 5.78. The van der Waals surface area contributed by atoms with Gasteiger partial charge in [0, 0.05) is 5.39 Å². The van der Waals surface area contributed by atoms with Crippen LogP contribution in [0.2, 0.25) is 10.0 Å². The van der Waals surface area contributed by atoms with Crippen LogP contribution in [-0.2, 0) is 0 Å². The van der Waals surface area contributed by atoms with Gasteiger partial charge in [0.1, 0.15) is 15.6 Å². The smallest absolute Gasteiger partial charge is 0.263 e. The van der Waals surface area contributed by atoms with Crippen LogP contribution in [0.25, 0.3) is 10.1 Å². The summed E-state index contributed by atoms with van der Waals surface area (Å²) in [6.07, 6.45) is 0. The third kappa shape index (κ3) is 1.78. The van der Waals surface area contributed by atoms with E-state index in [4.69, 9.17) is 39.5 Å². The van der Waals surface area contributed by atoms with E-state index in [2.05, 4.69) is 0 Å². The molecule has 1 aromatic carbocycles. The fourth-order valence-corrected chi connectivity index (χ4v) is 3.35. The second-order valence-electron chi connectivity index (χ2n) is 2.98. The molecule has 2 aromatic rings. The molecule has 0 saturated heterocycles. The Hall–Kier alpha value is -0.480. The summed E-state index contributed by atoms with van der Waals surface area (Å²) in [6, 6.07) is 3.45. The van der Waals surface area contributed by atoms with Crippen LogP contribution < -0.4 is 4.74 Å². The maximum absolute atomic E-state index is 11.1. The molecule has 0 atom stereocenters. The molecule has 2 rings (SSSR count). The highest BCUT2D eigenvalue weighted by atomic mass is 35.5. The lowest BCUT2D eigenvalue weighted by Gasteiger charge is -2.02. The van der Waals surface area contributed by atoms with E-state index in [1.54, 1.807) is 12.1 Å². The molecule has 0 amide bonds. The van der Waals surface area contributed by atoms with E-state index >= 15 is 0 Å². The quantitative estimate of drug-likeness (QED) is 0.757. The SMILES string of the molecule is COc1ccc2c(Cl)c(C(=O)Cl)sc2c1Cl. The van der Waals surface area contributed by atoms with Gasteiger partial charge in [0.15, 0.2) is 0 Å². The number of benzene rings is 1. The number of rotatable bonds is 2. The Morgan fingerprint density at radius 2 is 2.00 bits per heavy atom. The molecule has 0 aliphatic carbocycles. The number of fused-ring (bicyclic) bond motifs is 1. The van der Waals surface area contributed by atoms with Gasteiger partial charge in [0.25, 0.3) is 5.24 Å². The molecular weight excluding hydrogens is 291 g/mol. The number of methoxy groups -OCH3 is 1. The molecule has 0 bridgehead atoms. The Labute approximate surface area is 111 Å². The van der Waals surface area contributed by atoms with Gasteiger partial charge in [-0.3, -0.25) is 4.79 Å². The maximum Gasteiger partial charge on any atom is 0.263 e. The Bertz CT molecular complexity index is 577. The Morgan fingerprint density at radius 1 is 1.31 bits per heavy atom. The van der Waals surface area contributed by atoms with Crippen molar-refractivity contribution in [3.05, 3.63) is 27.1 Å². The second kappa shape index (κ2) is 4.41. The molecule has 84 valence electrons. The molecule has 0 aliphatic heterocycles. The number of carbonyl (C=O) groups is 1. The zero-order chi connectivity index (χ0) is 11.9. The average Bonchev–Trinajstić information content (AvgIpc) is 2.58. The van der Waals surface area contributed by atoms with Crippen LogP contribution in [-0.4, -0.2) is 12.4 Å². The molecule has 1 heterocycles. The molecule has 1 aromatic heterocycles. The van der Waals surface area contributed by atoms with E-state index < -0.39 is 5.24 Å². The number of ether oxygens (including phenoxy) is 1. The molecule has 2 nitrogen and oxygen atoms in total. The highest BCUT2D eigenvalue weighted by Gasteiger charge is 2.18. The molecule has 0 fully saturated rings. The van der Waals surface area contributed by atoms with Gasteiger partial charge in [0.05, 0.1) is 16.8 Å². The Balaban J connectivity index is 2.81. The van der Waals surface area contributed by atoms with E-state index in [9.17, 15) is 4.79 Å². The molecule has 0 spiro atoms. The van der Waals surface area contributed by atoms with Crippen molar-refractivity contribution in [2.75, 3.05) is 7.11 Å². The lowest BCUT2D eigenvalue weighted by Crippen LogP contribution is -1.83. The highest BCUT2D eigenvalue weighted by molar-refractivity contribution is 7.23. The minimum absolute atomic E-state index is 0.300. The molecule has 6 heteroatoms. The first-order chi connectivity index (χ1) is 7.56. The Morgan fingerprint density at radius 3 is 2.56 bits per heavy atom. The largest absolute Gasteiger partial charge is 0.495 e. The molecule has 0 N–H and O–H groups in total. The summed E-state index contributed by atoms with van der Waals surface area (Å²) >= 11 is 18.7. The minimum Gasteiger partial charge on any atom is -0.495 e. The molecular formula is C10H5Cl3O2S. The first-order valence-electron chi connectivity index (χ1n) is 4.20. The third-order valence-corrected chi connectivity index (χ3v) is 4.61. The molecule has 0 saturated carbocycles. The fourth-order valence-electron chi connectivity index (χ4n) is 1.36. The standard InChI is InChI=1S/C10H5Cl3O2S/c1-15-5-3-2-4-6(11)9(10(13)14)16-8(4)7(5)12/h2-3H,1H3. The first kappa shape index (κ1) is 12.0. The molecule has 16 heavy (non-hydrogen) atoms. The third-order valence-electron chi connectivity index (χ3n) is 2.10. The van der Waals surface area contributed by atoms with Crippen LogP contribution >= 0.6 is 46.1 Å².